The quantitative estimate of drug-likeness (QED) is 0.851. The largest absolute Gasteiger partial charge is 0.368 e. The van der Waals surface area contributed by atoms with Crippen LogP contribution in [-0.2, 0) is 0 Å². The van der Waals surface area contributed by atoms with E-state index in [1.54, 1.807) is 0 Å². The van der Waals surface area contributed by atoms with Crippen molar-refractivity contribution in [2.45, 2.75) is 30.4 Å². The molecule has 2 aromatic rings. The number of aromatic nitrogens is 2. The van der Waals surface area contributed by atoms with Gasteiger partial charge in [-0.15, -0.1) is 0 Å². The van der Waals surface area contributed by atoms with Crippen LogP contribution in [0.1, 0.15) is 25.7 Å². The van der Waals surface area contributed by atoms with Crippen LogP contribution in [0.15, 0.2) is 24.3 Å². The molecule has 1 N–H and O–H groups in total. The summed E-state index contributed by atoms with van der Waals surface area (Å²) in [6.45, 7) is 0.936. The summed E-state index contributed by atoms with van der Waals surface area (Å²) in [5.41, 5.74) is 0.889. The van der Waals surface area contributed by atoms with Gasteiger partial charge in [-0.1, -0.05) is 25.0 Å². The number of hydrogen-bond donors (Lipinski definition) is 1. The highest BCUT2D eigenvalue weighted by Crippen LogP contribution is 2.40. The van der Waals surface area contributed by atoms with Crippen LogP contribution in [0, 0.1) is 0 Å². The van der Waals surface area contributed by atoms with Gasteiger partial charge < -0.3 is 5.32 Å². The van der Waals surface area contributed by atoms with Crippen LogP contribution in [0.2, 0.25) is 5.28 Å². The number of nitrogens with zero attached hydrogens (tertiary/aromatic N) is 2. The van der Waals surface area contributed by atoms with Gasteiger partial charge in [0.25, 0.3) is 0 Å². The van der Waals surface area contributed by atoms with Crippen molar-refractivity contribution >= 4 is 40.1 Å². The number of thioether (sulfide) groups is 1. The zero-order valence-electron chi connectivity index (χ0n) is 11.5. The molecular weight excluding hydrogens is 290 g/mol. The first-order chi connectivity index (χ1) is 9.72. The number of para-hydroxylation sites is 1. The number of halogens is 1. The fourth-order valence-electron chi connectivity index (χ4n) is 2.90. The minimum absolute atomic E-state index is 0.302. The Morgan fingerprint density at radius 2 is 2.00 bits per heavy atom. The molecular formula is C15H18ClN3S. The van der Waals surface area contributed by atoms with Crippen molar-refractivity contribution in [3.63, 3.8) is 0 Å². The molecule has 5 heteroatoms. The lowest BCUT2D eigenvalue weighted by Crippen LogP contribution is -2.30. The zero-order chi connectivity index (χ0) is 14.0. The van der Waals surface area contributed by atoms with Gasteiger partial charge in [0.05, 0.1) is 5.52 Å². The monoisotopic (exact) mass is 307 g/mol. The molecule has 0 unspecified atom stereocenters. The molecule has 0 atom stereocenters. The molecule has 20 heavy (non-hydrogen) atoms. The molecule has 0 radical (unpaired) electrons. The Labute approximate surface area is 128 Å². The number of benzene rings is 1. The molecule has 106 valence electrons. The first-order valence-electron chi connectivity index (χ1n) is 6.94. The van der Waals surface area contributed by atoms with Gasteiger partial charge in [0.15, 0.2) is 0 Å². The SMILES string of the molecule is CSC1(CNc2nc(Cl)nc3ccccc23)CCCC1. The Kier molecular flexibility index (Phi) is 4.03. The predicted octanol–water partition coefficient (Wildman–Crippen LogP) is 4.37. The first-order valence-corrected chi connectivity index (χ1v) is 8.54. The fourth-order valence-corrected chi connectivity index (χ4v) is 3.99. The summed E-state index contributed by atoms with van der Waals surface area (Å²) in [6.07, 6.45) is 7.41. The first kappa shape index (κ1) is 14.0. The lowest BCUT2D eigenvalue weighted by Gasteiger charge is -2.27. The standard InChI is InChI=1S/C15H18ClN3S/c1-20-15(8-4-5-9-15)10-17-13-11-6-2-3-7-12(11)18-14(16)19-13/h2-3,6-7H,4-5,8-10H2,1H3,(H,17,18,19). The average molecular weight is 308 g/mol. The fraction of sp³-hybridized carbons (Fsp3) is 0.467. The molecule has 1 aromatic heterocycles. The topological polar surface area (TPSA) is 37.8 Å². The summed E-state index contributed by atoms with van der Waals surface area (Å²) in [6, 6.07) is 7.98. The number of rotatable bonds is 4. The van der Waals surface area contributed by atoms with Crippen LogP contribution in [0.5, 0.6) is 0 Å². The van der Waals surface area contributed by atoms with E-state index in [4.69, 9.17) is 11.6 Å². The van der Waals surface area contributed by atoms with Crippen molar-refractivity contribution in [3.8, 4) is 0 Å². The van der Waals surface area contributed by atoms with Gasteiger partial charge in [-0.2, -0.15) is 11.8 Å². The number of fused-ring (bicyclic) bond motifs is 1. The van der Waals surface area contributed by atoms with E-state index in [0.717, 1.165) is 23.3 Å². The summed E-state index contributed by atoms with van der Waals surface area (Å²) >= 11 is 7.99. The van der Waals surface area contributed by atoms with Crippen LogP contribution in [0.3, 0.4) is 0 Å². The summed E-state index contributed by atoms with van der Waals surface area (Å²) in [7, 11) is 0. The normalized spacial score (nSPS) is 17.5. The van der Waals surface area contributed by atoms with Crippen molar-refractivity contribution in [3.05, 3.63) is 29.5 Å². The van der Waals surface area contributed by atoms with Gasteiger partial charge in [0, 0.05) is 16.7 Å². The predicted molar refractivity (Wildman–Crippen MR) is 87.8 cm³/mol. The van der Waals surface area contributed by atoms with E-state index in [2.05, 4.69) is 21.5 Å². The Bertz CT molecular complexity index is 611. The third-order valence-electron chi connectivity index (χ3n) is 4.10. The molecule has 1 fully saturated rings. The Morgan fingerprint density at radius 3 is 2.75 bits per heavy atom. The molecule has 0 saturated heterocycles. The van der Waals surface area contributed by atoms with Crippen molar-refractivity contribution in [2.75, 3.05) is 18.1 Å². The molecule has 3 nitrogen and oxygen atoms in total. The second-order valence-electron chi connectivity index (χ2n) is 5.31. The second-order valence-corrected chi connectivity index (χ2v) is 6.92. The van der Waals surface area contributed by atoms with Gasteiger partial charge in [0.1, 0.15) is 5.82 Å². The average Bonchev–Trinajstić information content (AvgIpc) is 2.94. The van der Waals surface area contributed by atoms with E-state index in [1.807, 2.05) is 36.0 Å². The number of hydrogen-bond acceptors (Lipinski definition) is 4. The summed E-state index contributed by atoms with van der Waals surface area (Å²) in [5, 5.41) is 4.84. The number of anilines is 1. The smallest absolute Gasteiger partial charge is 0.224 e. The van der Waals surface area contributed by atoms with Gasteiger partial charge in [-0.3, -0.25) is 0 Å². The minimum Gasteiger partial charge on any atom is -0.368 e. The zero-order valence-corrected chi connectivity index (χ0v) is 13.1. The maximum atomic E-state index is 6.02. The Hall–Kier alpha value is -1.00. The molecule has 0 amide bonds. The van der Waals surface area contributed by atoms with Gasteiger partial charge in [0.2, 0.25) is 5.28 Å². The van der Waals surface area contributed by atoms with Gasteiger partial charge in [-0.05, 0) is 42.8 Å². The third-order valence-corrected chi connectivity index (χ3v) is 5.69. The molecule has 0 bridgehead atoms. The highest BCUT2D eigenvalue weighted by Gasteiger charge is 2.32. The van der Waals surface area contributed by atoms with Crippen LogP contribution in [0.4, 0.5) is 5.82 Å². The van der Waals surface area contributed by atoms with Crippen LogP contribution in [0.25, 0.3) is 10.9 Å². The van der Waals surface area contributed by atoms with Crippen LogP contribution in [-0.4, -0.2) is 27.5 Å². The maximum Gasteiger partial charge on any atom is 0.224 e. The summed E-state index contributed by atoms with van der Waals surface area (Å²) in [5.74, 6) is 0.848. The third kappa shape index (κ3) is 2.72. The molecule has 0 spiro atoms. The molecule has 1 saturated carbocycles. The highest BCUT2D eigenvalue weighted by atomic mass is 35.5. The molecule has 3 rings (SSSR count). The van der Waals surface area contributed by atoms with Crippen LogP contribution < -0.4 is 5.32 Å². The lowest BCUT2D eigenvalue weighted by molar-refractivity contribution is 0.639. The van der Waals surface area contributed by atoms with Crippen molar-refractivity contribution in [2.24, 2.45) is 0 Å². The molecule has 1 aliphatic rings. The van der Waals surface area contributed by atoms with E-state index in [9.17, 15) is 0 Å². The number of nitrogens with one attached hydrogen (secondary N) is 1. The Balaban J connectivity index is 1.87. The molecule has 1 aliphatic carbocycles. The van der Waals surface area contributed by atoms with Crippen molar-refractivity contribution < 1.29 is 0 Å². The van der Waals surface area contributed by atoms with E-state index >= 15 is 0 Å². The lowest BCUT2D eigenvalue weighted by atomic mass is 10.1. The van der Waals surface area contributed by atoms with Crippen molar-refractivity contribution in [1.82, 2.24) is 9.97 Å². The van der Waals surface area contributed by atoms with E-state index in [1.165, 1.54) is 25.7 Å². The maximum absolute atomic E-state index is 6.02. The summed E-state index contributed by atoms with van der Waals surface area (Å²) in [4.78, 5) is 8.62. The van der Waals surface area contributed by atoms with Gasteiger partial charge >= 0.3 is 0 Å². The highest BCUT2D eigenvalue weighted by molar-refractivity contribution is 8.00. The Morgan fingerprint density at radius 1 is 1.25 bits per heavy atom. The van der Waals surface area contributed by atoms with Gasteiger partial charge in [-0.25, -0.2) is 9.97 Å². The minimum atomic E-state index is 0.302. The van der Waals surface area contributed by atoms with E-state index in [-0.39, 0.29) is 0 Å². The van der Waals surface area contributed by atoms with Crippen LogP contribution >= 0.6 is 23.4 Å². The second kappa shape index (κ2) is 5.78. The molecule has 1 heterocycles. The van der Waals surface area contributed by atoms with Crippen molar-refractivity contribution in [1.29, 1.82) is 0 Å². The molecule has 1 aromatic carbocycles. The summed E-state index contributed by atoms with van der Waals surface area (Å²) < 4.78 is 0.346. The van der Waals surface area contributed by atoms with E-state index in [0.29, 0.717) is 10.0 Å². The molecule has 0 aliphatic heterocycles. The van der Waals surface area contributed by atoms with E-state index < -0.39 is 0 Å².